The van der Waals surface area contributed by atoms with Crippen molar-refractivity contribution in [2.24, 2.45) is 0 Å². The molecule has 0 atom stereocenters. The summed E-state index contributed by atoms with van der Waals surface area (Å²) in [6.07, 6.45) is 1.46. The molecule has 0 aliphatic carbocycles. The van der Waals surface area contributed by atoms with E-state index in [-0.39, 0.29) is 0 Å². The minimum Gasteiger partial charge on any atom is -0.495 e. The molecule has 6 nitrogen and oxygen atoms in total. The summed E-state index contributed by atoms with van der Waals surface area (Å²) in [6, 6.07) is 9.00. The minimum atomic E-state index is 0.543. The second-order valence-corrected chi connectivity index (χ2v) is 3.69. The number of methoxy groups -OCH3 is 1. The van der Waals surface area contributed by atoms with Crippen molar-refractivity contribution in [3.05, 3.63) is 36.2 Å². The highest BCUT2D eigenvalue weighted by molar-refractivity contribution is 5.66. The van der Waals surface area contributed by atoms with E-state index in [2.05, 4.69) is 26.7 Å². The topological polar surface area (TPSA) is 82.9 Å². The standard InChI is InChI=1S/C13H13N5O/c1-15-12-6-13(17-8-16-12)18-10-4-3-9(7-14)5-11(10)19-2/h3-6,8H,1-2H3,(H2,15,16,17,18). The van der Waals surface area contributed by atoms with Gasteiger partial charge in [-0.15, -0.1) is 0 Å². The van der Waals surface area contributed by atoms with Crippen LogP contribution < -0.4 is 15.4 Å². The van der Waals surface area contributed by atoms with E-state index in [9.17, 15) is 0 Å². The van der Waals surface area contributed by atoms with E-state index in [1.165, 1.54) is 6.33 Å². The number of benzene rings is 1. The summed E-state index contributed by atoms with van der Waals surface area (Å²) in [5, 5.41) is 14.9. The number of rotatable bonds is 4. The maximum absolute atomic E-state index is 8.85. The van der Waals surface area contributed by atoms with Gasteiger partial charge in [0, 0.05) is 19.2 Å². The molecule has 6 heteroatoms. The van der Waals surface area contributed by atoms with Crippen LogP contribution in [0, 0.1) is 11.3 Å². The number of nitrogens with zero attached hydrogens (tertiary/aromatic N) is 3. The van der Waals surface area contributed by atoms with Gasteiger partial charge in [0.05, 0.1) is 24.4 Å². The van der Waals surface area contributed by atoms with Gasteiger partial charge in [0.25, 0.3) is 0 Å². The molecule has 0 saturated heterocycles. The monoisotopic (exact) mass is 255 g/mol. The van der Waals surface area contributed by atoms with Gasteiger partial charge >= 0.3 is 0 Å². The van der Waals surface area contributed by atoms with Crippen molar-refractivity contribution in [3.8, 4) is 11.8 Å². The molecule has 0 bridgehead atoms. The van der Waals surface area contributed by atoms with E-state index in [0.717, 1.165) is 5.69 Å². The molecule has 0 fully saturated rings. The number of ether oxygens (including phenoxy) is 1. The summed E-state index contributed by atoms with van der Waals surface area (Å²) in [5.74, 6) is 1.94. The smallest absolute Gasteiger partial charge is 0.143 e. The van der Waals surface area contributed by atoms with Crippen LogP contribution in [-0.2, 0) is 0 Å². The van der Waals surface area contributed by atoms with Crippen LogP contribution in [0.15, 0.2) is 30.6 Å². The first-order chi connectivity index (χ1) is 9.26. The van der Waals surface area contributed by atoms with Crippen LogP contribution in [0.4, 0.5) is 17.3 Å². The van der Waals surface area contributed by atoms with Crippen LogP contribution in [0.5, 0.6) is 5.75 Å². The first-order valence-electron chi connectivity index (χ1n) is 5.61. The minimum absolute atomic E-state index is 0.543. The third kappa shape index (κ3) is 2.90. The van der Waals surface area contributed by atoms with E-state index >= 15 is 0 Å². The Balaban J connectivity index is 2.30. The number of nitrogens with one attached hydrogen (secondary N) is 2. The third-order valence-corrected chi connectivity index (χ3v) is 2.52. The van der Waals surface area contributed by atoms with Crippen molar-refractivity contribution in [2.45, 2.75) is 0 Å². The molecule has 96 valence electrons. The van der Waals surface area contributed by atoms with Crippen LogP contribution in [0.1, 0.15) is 5.56 Å². The summed E-state index contributed by atoms with van der Waals surface area (Å²) in [5.41, 5.74) is 1.28. The maximum atomic E-state index is 8.85. The summed E-state index contributed by atoms with van der Waals surface area (Å²) < 4.78 is 5.24. The summed E-state index contributed by atoms with van der Waals surface area (Å²) in [7, 11) is 3.34. The van der Waals surface area contributed by atoms with Crippen molar-refractivity contribution < 1.29 is 4.74 Å². The molecule has 1 heterocycles. The van der Waals surface area contributed by atoms with Crippen LogP contribution in [-0.4, -0.2) is 24.1 Å². The lowest BCUT2D eigenvalue weighted by Gasteiger charge is -2.11. The average molecular weight is 255 g/mol. The Morgan fingerprint density at radius 1 is 1.21 bits per heavy atom. The predicted molar refractivity (Wildman–Crippen MR) is 72.6 cm³/mol. The second-order valence-electron chi connectivity index (χ2n) is 3.69. The van der Waals surface area contributed by atoms with Crippen LogP contribution in [0.2, 0.25) is 0 Å². The third-order valence-electron chi connectivity index (χ3n) is 2.52. The summed E-state index contributed by atoms with van der Waals surface area (Å²) >= 11 is 0. The van der Waals surface area contributed by atoms with E-state index in [1.807, 2.05) is 0 Å². The van der Waals surface area contributed by atoms with Crippen LogP contribution >= 0.6 is 0 Å². The molecule has 0 amide bonds. The molecule has 1 aromatic heterocycles. The van der Waals surface area contributed by atoms with Crippen molar-refractivity contribution in [2.75, 3.05) is 24.8 Å². The number of hydrogen-bond donors (Lipinski definition) is 2. The van der Waals surface area contributed by atoms with Crippen LogP contribution in [0.3, 0.4) is 0 Å². The van der Waals surface area contributed by atoms with Gasteiger partial charge in [0.15, 0.2) is 0 Å². The van der Waals surface area contributed by atoms with Gasteiger partial charge in [-0.2, -0.15) is 5.26 Å². The highest BCUT2D eigenvalue weighted by Gasteiger charge is 2.06. The van der Waals surface area contributed by atoms with Gasteiger partial charge in [-0.05, 0) is 12.1 Å². The molecular weight excluding hydrogens is 242 g/mol. The van der Waals surface area contributed by atoms with Crippen molar-refractivity contribution in [3.63, 3.8) is 0 Å². The van der Waals surface area contributed by atoms with Gasteiger partial charge in [-0.3, -0.25) is 0 Å². The maximum Gasteiger partial charge on any atom is 0.143 e. The Labute approximate surface area is 111 Å². The molecule has 2 aromatic rings. The number of aromatic nitrogens is 2. The molecule has 0 unspecified atom stereocenters. The highest BCUT2D eigenvalue weighted by Crippen LogP contribution is 2.28. The Bertz CT molecular complexity index is 621. The first-order valence-corrected chi connectivity index (χ1v) is 5.61. The molecule has 2 rings (SSSR count). The molecule has 0 spiro atoms. The quantitative estimate of drug-likeness (QED) is 0.871. The lowest BCUT2D eigenvalue weighted by Crippen LogP contribution is -1.99. The lowest BCUT2D eigenvalue weighted by atomic mass is 10.2. The molecule has 0 aliphatic heterocycles. The molecule has 0 aliphatic rings. The molecule has 0 saturated carbocycles. The zero-order valence-corrected chi connectivity index (χ0v) is 10.6. The Morgan fingerprint density at radius 2 is 2.00 bits per heavy atom. The normalized spacial score (nSPS) is 9.53. The van der Waals surface area contributed by atoms with Gasteiger partial charge in [0.1, 0.15) is 23.7 Å². The number of hydrogen-bond acceptors (Lipinski definition) is 6. The highest BCUT2D eigenvalue weighted by atomic mass is 16.5. The van der Waals surface area contributed by atoms with Gasteiger partial charge in [0.2, 0.25) is 0 Å². The largest absolute Gasteiger partial charge is 0.495 e. The molecule has 1 aromatic carbocycles. The Kier molecular flexibility index (Phi) is 3.78. The number of anilines is 3. The Hall–Kier alpha value is -2.81. The number of nitriles is 1. The molecule has 19 heavy (non-hydrogen) atoms. The van der Waals surface area contributed by atoms with E-state index < -0.39 is 0 Å². The van der Waals surface area contributed by atoms with E-state index in [4.69, 9.17) is 10.00 Å². The second kappa shape index (κ2) is 5.69. The molecule has 2 N–H and O–H groups in total. The zero-order chi connectivity index (χ0) is 13.7. The Morgan fingerprint density at radius 3 is 2.68 bits per heavy atom. The summed E-state index contributed by atoms with van der Waals surface area (Å²) in [4.78, 5) is 8.15. The fourth-order valence-corrected chi connectivity index (χ4v) is 1.56. The van der Waals surface area contributed by atoms with Crippen molar-refractivity contribution >= 4 is 17.3 Å². The van der Waals surface area contributed by atoms with Crippen LogP contribution in [0.25, 0.3) is 0 Å². The molecule has 0 radical (unpaired) electrons. The first kappa shape index (κ1) is 12.6. The predicted octanol–water partition coefficient (Wildman–Crippen LogP) is 2.14. The SMILES string of the molecule is CNc1cc(Nc2ccc(C#N)cc2OC)ncn1. The summed E-state index contributed by atoms with van der Waals surface area (Å²) in [6.45, 7) is 0. The van der Waals surface area contributed by atoms with Gasteiger partial charge < -0.3 is 15.4 Å². The fraction of sp³-hybridized carbons (Fsp3) is 0.154. The van der Waals surface area contributed by atoms with Gasteiger partial charge in [-0.25, -0.2) is 9.97 Å². The fourth-order valence-electron chi connectivity index (χ4n) is 1.56. The lowest BCUT2D eigenvalue weighted by molar-refractivity contribution is 0.416. The van der Waals surface area contributed by atoms with Crippen molar-refractivity contribution in [1.29, 1.82) is 5.26 Å². The van der Waals surface area contributed by atoms with E-state index in [1.54, 1.807) is 38.4 Å². The van der Waals surface area contributed by atoms with Gasteiger partial charge in [-0.1, -0.05) is 0 Å². The van der Waals surface area contributed by atoms with E-state index in [0.29, 0.717) is 22.9 Å². The zero-order valence-electron chi connectivity index (χ0n) is 10.6. The molecular formula is C13H13N5O. The average Bonchev–Trinajstić information content (AvgIpc) is 2.48. The van der Waals surface area contributed by atoms with Crippen molar-refractivity contribution in [1.82, 2.24) is 9.97 Å².